The number of anilines is 1. The van der Waals surface area contributed by atoms with Crippen LogP contribution in [-0.4, -0.2) is 69.9 Å². The Bertz CT molecular complexity index is 1230. The van der Waals surface area contributed by atoms with Crippen molar-refractivity contribution in [3.63, 3.8) is 0 Å². The van der Waals surface area contributed by atoms with Crippen molar-refractivity contribution >= 4 is 39.0 Å². The van der Waals surface area contributed by atoms with Crippen LogP contribution in [0.2, 0.25) is 0 Å². The molecule has 1 aromatic carbocycles. The predicted octanol–water partition coefficient (Wildman–Crippen LogP) is 3.25. The summed E-state index contributed by atoms with van der Waals surface area (Å²) < 4.78 is 0. The van der Waals surface area contributed by atoms with Crippen LogP contribution >= 0.6 is 11.3 Å². The van der Waals surface area contributed by atoms with Gasteiger partial charge in [0.2, 0.25) is 0 Å². The number of aromatic nitrogens is 2. The zero-order valence-electron chi connectivity index (χ0n) is 18.8. The summed E-state index contributed by atoms with van der Waals surface area (Å²) in [6, 6.07) is 5.94. The lowest BCUT2D eigenvalue weighted by molar-refractivity contribution is -0.384. The molecular formula is C23H26N6O3S. The van der Waals surface area contributed by atoms with Crippen LogP contribution in [-0.2, 0) is 13.0 Å². The maximum Gasteiger partial charge on any atom is 0.270 e. The predicted molar refractivity (Wildman–Crippen MR) is 128 cm³/mol. The van der Waals surface area contributed by atoms with Crippen LogP contribution in [0.5, 0.6) is 0 Å². The molecule has 1 saturated heterocycles. The highest BCUT2D eigenvalue weighted by Gasteiger charge is 2.28. The highest BCUT2D eigenvalue weighted by atomic mass is 32.1. The number of rotatable bonds is 4. The van der Waals surface area contributed by atoms with Gasteiger partial charge in [-0.1, -0.05) is 13.0 Å². The first-order valence-electron chi connectivity index (χ1n) is 11.2. The van der Waals surface area contributed by atoms with E-state index in [0.29, 0.717) is 31.7 Å². The molecule has 0 bridgehead atoms. The first-order chi connectivity index (χ1) is 15.9. The maximum atomic E-state index is 12.9. The number of likely N-dealkylation sites (N-methyl/N-ethyl adjacent to an activating group) is 1. The molecule has 172 valence electrons. The Morgan fingerprint density at radius 2 is 1.97 bits per heavy atom. The third-order valence-corrected chi connectivity index (χ3v) is 7.60. The van der Waals surface area contributed by atoms with Gasteiger partial charge in [0.15, 0.2) is 0 Å². The van der Waals surface area contributed by atoms with Crippen LogP contribution in [0.1, 0.15) is 33.5 Å². The van der Waals surface area contributed by atoms with Gasteiger partial charge in [-0.2, -0.15) is 0 Å². The SMILES string of the molecule is CCN1CCc2c(sc3nc(C)nc(N4CCN(C(=O)c5cccc([N+](=O)[O-])c5)CC4)c23)C1. The highest BCUT2D eigenvalue weighted by Crippen LogP contribution is 2.39. The van der Waals surface area contributed by atoms with E-state index in [4.69, 9.17) is 9.97 Å². The van der Waals surface area contributed by atoms with Gasteiger partial charge in [0.05, 0.1) is 10.3 Å². The van der Waals surface area contributed by atoms with E-state index in [9.17, 15) is 14.9 Å². The van der Waals surface area contributed by atoms with Crippen LogP contribution in [0.15, 0.2) is 24.3 Å². The van der Waals surface area contributed by atoms with Crippen molar-refractivity contribution in [1.82, 2.24) is 19.8 Å². The van der Waals surface area contributed by atoms with Gasteiger partial charge >= 0.3 is 0 Å². The minimum Gasteiger partial charge on any atom is -0.352 e. The Kier molecular flexibility index (Phi) is 5.71. The van der Waals surface area contributed by atoms with Gasteiger partial charge in [-0.05, 0) is 31.5 Å². The largest absolute Gasteiger partial charge is 0.352 e. The molecule has 10 heteroatoms. The molecule has 1 fully saturated rings. The van der Waals surface area contributed by atoms with Crippen molar-refractivity contribution in [2.24, 2.45) is 0 Å². The van der Waals surface area contributed by atoms with Gasteiger partial charge in [0.25, 0.3) is 11.6 Å². The first kappa shape index (κ1) is 21.7. The van der Waals surface area contributed by atoms with Crippen LogP contribution < -0.4 is 4.90 Å². The second-order valence-electron chi connectivity index (χ2n) is 8.48. The number of hydrogen-bond acceptors (Lipinski definition) is 8. The van der Waals surface area contributed by atoms with Gasteiger partial charge in [0.1, 0.15) is 16.5 Å². The number of nitrogens with zero attached hydrogens (tertiary/aromatic N) is 6. The number of benzene rings is 1. The number of nitro groups is 1. The second kappa shape index (κ2) is 8.68. The zero-order valence-corrected chi connectivity index (χ0v) is 19.6. The van der Waals surface area contributed by atoms with Crippen LogP contribution in [0.25, 0.3) is 10.2 Å². The summed E-state index contributed by atoms with van der Waals surface area (Å²) in [5, 5.41) is 12.2. The lowest BCUT2D eigenvalue weighted by Crippen LogP contribution is -2.49. The monoisotopic (exact) mass is 466 g/mol. The molecule has 2 aliphatic rings. The molecule has 0 radical (unpaired) electrons. The fourth-order valence-corrected chi connectivity index (χ4v) is 5.99. The van der Waals surface area contributed by atoms with Gasteiger partial charge in [0, 0.05) is 61.8 Å². The van der Waals surface area contributed by atoms with E-state index in [-0.39, 0.29) is 11.6 Å². The van der Waals surface area contributed by atoms with Crippen molar-refractivity contribution in [2.45, 2.75) is 26.8 Å². The Hall–Kier alpha value is -3.11. The van der Waals surface area contributed by atoms with E-state index < -0.39 is 4.92 Å². The van der Waals surface area contributed by atoms with Crippen molar-refractivity contribution in [3.8, 4) is 0 Å². The standard InChI is InChI=1S/C23H26N6O3S/c1-3-26-8-7-18-19(14-26)33-22-20(18)21(24-15(2)25-22)27-9-11-28(12-10-27)23(30)16-5-4-6-17(13-16)29(31)32/h4-6,13H,3,7-12,14H2,1-2H3. The van der Waals surface area contributed by atoms with E-state index in [1.807, 2.05) is 6.92 Å². The van der Waals surface area contributed by atoms with Crippen molar-refractivity contribution < 1.29 is 9.72 Å². The average Bonchev–Trinajstić information content (AvgIpc) is 3.20. The normalized spacial score (nSPS) is 16.8. The Labute approximate surface area is 195 Å². The summed E-state index contributed by atoms with van der Waals surface area (Å²) in [4.78, 5) is 42.0. The van der Waals surface area contributed by atoms with Crippen molar-refractivity contribution in [1.29, 1.82) is 0 Å². The van der Waals surface area contributed by atoms with Crippen molar-refractivity contribution in [2.75, 3.05) is 44.2 Å². The van der Waals surface area contributed by atoms with E-state index >= 15 is 0 Å². The molecule has 5 rings (SSSR count). The van der Waals surface area contributed by atoms with Gasteiger partial charge in [-0.25, -0.2) is 9.97 Å². The number of aryl methyl sites for hydroxylation is 1. The number of hydrogen-bond donors (Lipinski definition) is 0. The molecular weight excluding hydrogens is 440 g/mol. The summed E-state index contributed by atoms with van der Waals surface area (Å²) in [5.74, 6) is 1.57. The third-order valence-electron chi connectivity index (χ3n) is 6.49. The van der Waals surface area contributed by atoms with Gasteiger partial charge in [-0.3, -0.25) is 19.8 Å². The maximum absolute atomic E-state index is 12.9. The van der Waals surface area contributed by atoms with Crippen molar-refractivity contribution in [3.05, 3.63) is 56.2 Å². The van der Waals surface area contributed by atoms with E-state index in [0.717, 1.165) is 42.5 Å². The molecule has 0 N–H and O–H groups in total. The molecule has 0 atom stereocenters. The smallest absolute Gasteiger partial charge is 0.270 e. The Morgan fingerprint density at radius 1 is 1.18 bits per heavy atom. The Morgan fingerprint density at radius 3 is 2.70 bits per heavy atom. The topological polar surface area (TPSA) is 95.7 Å². The van der Waals surface area contributed by atoms with Gasteiger partial charge in [-0.15, -0.1) is 11.3 Å². The molecule has 0 saturated carbocycles. The number of non-ortho nitro benzene ring substituents is 1. The lowest BCUT2D eigenvalue weighted by atomic mass is 10.0. The second-order valence-corrected chi connectivity index (χ2v) is 9.57. The summed E-state index contributed by atoms with van der Waals surface area (Å²) in [6.07, 6.45) is 1.01. The number of carbonyl (C=O) groups excluding carboxylic acids is 1. The number of thiophene rings is 1. The zero-order chi connectivity index (χ0) is 23.1. The minimum absolute atomic E-state index is 0.0674. The number of amides is 1. The van der Waals surface area contributed by atoms with Crippen LogP contribution in [0, 0.1) is 17.0 Å². The molecule has 4 heterocycles. The minimum atomic E-state index is -0.474. The van der Waals surface area contributed by atoms with E-state index in [2.05, 4.69) is 16.7 Å². The van der Waals surface area contributed by atoms with E-state index in [1.54, 1.807) is 28.4 Å². The van der Waals surface area contributed by atoms with Crippen LogP contribution in [0.4, 0.5) is 11.5 Å². The molecule has 1 amide bonds. The fourth-order valence-electron chi connectivity index (χ4n) is 4.69. The lowest BCUT2D eigenvalue weighted by Gasteiger charge is -2.36. The summed E-state index contributed by atoms with van der Waals surface area (Å²) in [7, 11) is 0. The molecule has 2 aliphatic heterocycles. The first-order valence-corrected chi connectivity index (χ1v) is 12.1. The number of fused-ring (bicyclic) bond motifs is 3. The molecule has 9 nitrogen and oxygen atoms in total. The fraction of sp³-hybridized carbons (Fsp3) is 0.435. The molecule has 0 aliphatic carbocycles. The summed E-state index contributed by atoms with van der Waals surface area (Å²) in [6.45, 7) is 9.61. The highest BCUT2D eigenvalue weighted by molar-refractivity contribution is 7.19. The third kappa shape index (κ3) is 4.04. The van der Waals surface area contributed by atoms with E-state index in [1.165, 1.54) is 28.0 Å². The summed E-state index contributed by atoms with van der Waals surface area (Å²) in [5.41, 5.74) is 1.66. The summed E-state index contributed by atoms with van der Waals surface area (Å²) >= 11 is 1.78. The molecule has 33 heavy (non-hydrogen) atoms. The molecule has 0 spiro atoms. The molecule has 0 unspecified atom stereocenters. The molecule has 3 aromatic rings. The quantitative estimate of drug-likeness (QED) is 0.430. The average molecular weight is 467 g/mol. The van der Waals surface area contributed by atoms with Crippen LogP contribution in [0.3, 0.4) is 0 Å². The molecule has 2 aromatic heterocycles. The number of carbonyl (C=O) groups is 1. The number of nitro benzene ring substituents is 1. The van der Waals surface area contributed by atoms with Gasteiger partial charge < -0.3 is 9.80 Å². The number of piperazine rings is 1. The Balaban J connectivity index is 1.38.